The number of aliphatic hydroxyl groups is 1. The van der Waals surface area contributed by atoms with Gasteiger partial charge in [0.1, 0.15) is 0 Å². The molecule has 0 bridgehead atoms. The average molecular weight is 264 g/mol. The molecule has 104 valence electrons. The van der Waals surface area contributed by atoms with Crippen molar-refractivity contribution in [2.75, 3.05) is 20.1 Å². The monoisotopic (exact) mass is 264 g/mol. The molecule has 1 aliphatic rings. The molecule has 1 aromatic heterocycles. The second-order valence-electron chi connectivity index (χ2n) is 5.09. The van der Waals surface area contributed by atoms with Crippen molar-refractivity contribution in [3.05, 3.63) is 23.8 Å². The largest absolute Gasteiger partial charge is 0.392 e. The van der Waals surface area contributed by atoms with Gasteiger partial charge in [-0.3, -0.25) is 14.8 Å². The van der Waals surface area contributed by atoms with Crippen LogP contribution >= 0.6 is 0 Å². The van der Waals surface area contributed by atoms with Gasteiger partial charge in [0.25, 0.3) is 0 Å². The Kier molecular flexibility index (Phi) is 4.44. The lowest BCUT2D eigenvalue weighted by Gasteiger charge is -2.32. The maximum atomic E-state index is 12.0. The molecule has 1 aromatic rings. The molecule has 0 unspecified atom stereocenters. The summed E-state index contributed by atoms with van der Waals surface area (Å²) in [5, 5.41) is 12.7. The van der Waals surface area contributed by atoms with Crippen LogP contribution in [0, 0.1) is 12.8 Å². The lowest BCUT2D eigenvalue weighted by Crippen LogP contribution is -2.48. The van der Waals surface area contributed by atoms with Gasteiger partial charge in [-0.15, -0.1) is 0 Å². The molecule has 0 aromatic carbocycles. The van der Waals surface area contributed by atoms with Crippen LogP contribution in [0.5, 0.6) is 0 Å². The number of aromatic nitrogens is 2. The van der Waals surface area contributed by atoms with E-state index in [1.54, 1.807) is 12.4 Å². The Hall–Kier alpha value is -1.53. The quantitative estimate of drug-likeness (QED) is 0.784. The zero-order chi connectivity index (χ0) is 13.8. The molecule has 1 amide bonds. The molecular formula is C13H20N4O2. The fourth-order valence-electron chi connectivity index (χ4n) is 2.18. The van der Waals surface area contributed by atoms with Crippen molar-refractivity contribution < 1.29 is 9.90 Å². The number of likely N-dealkylation sites (tertiary alicyclic amines) is 1. The van der Waals surface area contributed by atoms with Crippen LogP contribution < -0.4 is 5.32 Å². The number of carbonyl (C=O) groups excluding carboxylic acids is 1. The third-order valence-corrected chi connectivity index (χ3v) is 3.39. The van der Waals surface area contributed by atoms with Crippen molar-refractivity contribution in [2.45, 2.75) is 26.0 Å². The summed E-state index contributed by atoms with van der Waals surface area (Å²) in [6.45, 7) is 3.63. The number of rotatable bonds is 3. The number of amides is 1. The first-order valence-electron chi connectivity index (χ1n) is 6.48. The number of carbonyl (C=O) groups is 1. The molecule has 0 saturated carbocycles. The summed E-state index contributed by atoms with van der Waals surface area (Å²) in [5.74, 6) is -0.487. The van der Waals surface area contributed by atoms with Gasteiger partial charge in [0.2, 0.25) is 5.91 Å². The average Bonchev–Trinajstić information content (AvgIpc) is 2.40. The summed E-state index contributed by atoms with van der Waals surface area (Å²) >= 11 is 0. The molecule has 0 radical (unpaired) electrons. The minimum absolute atomic E-state index is 0.124. The first kappa shape index (κ1) is 13.9. The third-order valence-electron chi connectivity index (χ3n) is 3.39. The van der Waals surface area contributed by atoms with E-state index in [9.17, 15) is 9.90 Å². The number of hydrogen-bond donors (Lipinski definition) is 2. The highest BCUT2D eigenvalue weighted by molar-refractivity contribution is 5.79. The number of aliphatic hydroxyl groups excluding tert-OH is 1. The number of piperidine rings is 1. The smallest absolute Gasteiger partial charge is 0.227 e. The third kappa shape index (κ3) is 3.71. The Morgan fingerprint density at radius 2 is 2.32 bits per heavy atom. The molecule has 0 aliphatic carbocycles. The molecule has 0 spiro atoms. The van der Waals surface area contributed by atoms with Gasteiger partial charge in [0.15, 0.2) is 0 Å². The van der Waals surface area contributed by atoms with Crippen LogP contribution in [0.15, 0.2) is 12.4 Å². The van der Waals surface area contributed by atoms with Crippen molar-refractivity contribution in [2.24, 2.45) is 5.92 Å². The van der Waals surface area contributed by atoms with Gasteiger partial charge in [-0.1, -0.05) is 0 Å². The van der Waals surface area contributed by atoms with Gasteiger partial charge in [-0.05, 0) is 20.4 Å². The Labute approximate surface area is 112 Å². The summed E-state index contributed by atoms with van der Waals surface area (Å²) < 4.78 is 0. The Bertz CT molecular complexity index is 435. The SMILES string of the molecule is Cc1cnc(CNC(=O)[C@@H]2CN(C)CC[C@H]2O)cn1. The van der Waals surface area contributed by atoms with Crippen molar-refractivity contribution in [3.63, 3.8) is 0 Å². The van der Waals surface area contributed by atoms with Crippen molar-refractivity contribution in [1.82, 2.24) is 20.2 Å². The Balaban J connectivity index is 1.88. The lowest BCUT2D eigenvalue weighted by molar-refractivity contribution is -0.131. The number of nitrogens with zero attached hydrogens (tertiary/aromatic N) is 3. The molecule has 19 heavy (non-hydrogen) atoms. The van der Waals surface area contributed by atoms with E-state index in [-0.39, 0.29) is 11.8 Å². The normalized spacial score (nSPS) is 24.2. The summed E-state index contributed by atoms with van der Waals surface area (Å²) in [6, 6.07) is 0. The van der Waals surface area contributed by atoms with E-state index >= 15 is 0 Å². The van der Waals surface area contributed by atoms with E-state index in [0.29, 0.717) is 19.5 Å². The Morgan fingerprint density at radius 3 is 3.00 bits per heavy atom. The van der Waals surface area contributed by atoms with Crippen LogP contribution in [-0.2, 0) is 11.3 Å². The first-order chi connectivity index (χ1) is 9.06. The van der Waals surface area contributed by atoms with Gasteiger partial charge >= 0.3 is 0 Å². The van der Waals surface area contributed by atoms with Crippen molar-refractivity contribution in [1.29, 1.82) is 0 Å². The molecule has 2 heterocycles. The minimum atomic E-state index is -0.555. The molecular weight excluding hydrogens is 244 g/mol. The fourth-order valence-corrected chi connectivity index (χ4v) is 2.18. The minimum Gasteiger partial charge on any atom is -0.392 e. The highest BCUT2D eigenvalue weighted by atomic mass is 16.3. The Morgan fingerprint density at radius 1 is 1.53 bits per heavy atom. The van der Waals surface area contributed by atoms with Gasteiger partial charge in [0.05, 0.1) is 36.2 Å². The number of aryl methyl sites for hydroxylation is 1. The maximum Gasteiger partial charge on any atom is 0.227 e. The van der Waals surface area contributed by atoms with Gasteiger partial charge in [0, 0.05) is 19.3 Å². The van der Waals surface area contributed by atoms with E-state index in [1.165, 1.54) is 0 Å². The predicted octanol–water partition coefficient (Wildman–Crippen LogP) is -0.286. The molecule has 6 heteroatoms. The van der Waals surface area contributed by atoms with Gasteiger partial charge in [-0.2, -0.15) is 0 Å². The molecule has 1 aliphatic heterocycles. The topological polar surface area (TPSA) is 78.4 Å². The van der Waals surface area contributed by atoms with E-state index in [4.69, 9.17) is 0 Å². The molecule has 6 nitrogen and oxygen atoms in total. The number of hydrogen-bond acceptors (Lipinski definition) is 5. The van der Waals surface area contributed by atoms with E-state index in [1.807, 2.05) is 14.0 Å². The lowest BCUT2D eigenvalue weighted by atomic mass is 9.94. The molecule has 2 atom stereocenters. The van der Waals surface area contributed by atoms with Crippen LogP contribution in [0.3, 0.4) is 0 Å². The van der Waals surface area contributed by atoms with Gasteiger partial charge < -0.3 is 15.3 Å². The molecule has 1 fully saturated rings. The fraction of sp³-hybridized carbons (Fsp3) is 0.615. The predicted molar refractivity (Wildman–Crippen MR) is 70.2 cm³/mol. The molecule has 2 N–H and O–H groups in total. The zero-order valence-electron chi connectivity index (χ0n) is 11.3. The zero-order valence-corrected chi connectivity index (χ0v) is 11.3. The van der Waals surface area contributed by atoms with Crippen LogP contribution in [0.25, 0.3) is 0 Å². The highest BCUT2D eigenvalue weighted by Crippen LogP contribution is 2.16. The summed E-state index contributed by atoms with van der Waals surface area (Å²) in [5.41, 5.74) is 1.57. The van der Waals surface area contributed by atoms with Crippen LogP contribution in [0.1, 0.15) is 17.8 Å². The second kappa shape index (κ2) is 6.08. The van der Waals surface area contributed by atoms with E-state index < -0.39 is 6.10 Å². The van der Waals surface area contributed by atoms with Crippen LogP contribution in [0.2, 0.25) is 0 Å². The standard InChI is InChI=1S/C13H20N4O2/c1-9-5-15-10(6-14-9)7-16-13(19)11-8-17(2)4-3-12(11)18/h5-6,11-12,18H,3-4,7-8H2,1-2H3,(H,16,19)/t11-,12-/m1/s1. The number of nitrogens with one attached hydrogen (secondary N) is 1. The maximum absolute atomic E-state index is 12.0. The van der Waals surface area contributed by atoms with Crippen LogP contribution in [-0.4, -0.2) is 52.1 Å². The molecule has 2 rings (SSSR count). The van der Waals surface area contributed by atoms with Crippen LogP contribution in [0.4, 0.5) is 0 Å². The summed E-state index contributed by atoms with van der Waals surface area (Å²) in [4.78, 5) is 22.4. The van der Waals surface area contributed by atoms with Crippen molar-refractivity contribution >= 4 is 5.91 Å². The van der Waals surface area contributed by atoms with Gasteiger partial charge in [-0.25, -0.2) is 0 Å². The van der Waals surface area contributed by atoms with E-state index in [0.717, 1.165) is 17.9 Å². The highest BCUT2D eigenvalue weighted by Gasteiger charge is 2.31. The van der Waals surface area contributed by atoms with E-state index in [2.05, 4.69) is 20.2 Å². The van der Waals surface area contributed by atoms with Crippen molar-refractivity contribution in [3.8, 4) is 0 Å². The second-order valence-corrected chi connectivity index (χ2v) is 5.09. The summed E-state index contributed by atoms with van der Waals surface area (Å²) in [7, 11) is 1.96. The first-order valence-corrected chi connectivity index (χ1v) is 6.48. The molecule has 1 saturated heterocycles. The summed E-state index contributed by atoms with van der Waals surface area (Å²) in [6.07, 6.45) is 3.41.